The molecule has 1 aliphatic rings. The van der Waals surface area contributed by atoms with Crippen molar-refractivity contribution in [2.24, 2.45) is 5.73 Å². The maximum Gasteiger partial charge on any atom is 0.240 e. The largest absolute Gasteiger partial charge is 0.493 e. The number of nitrogens with one attached hydrogen (secondary N) is 1. The van der Waals surface area contributed by atoms with Crippen LogP contribution < -0.4 is 20.5 Å². The Balaban J connectivity index is 0.00000220. The van der Waals surface area contributed by atoms with E-state index in [2.05, 4.69) is 5.32 Å². The smallest absolute Gasteiger partial charge is 0.240 e. The second-order valence-electron chi connectivity index (χ2n) is 5.20. The predicted molar refractivity (Wildman–Crippen MR) is 84.0 cm³/mol. The first-order chi connectivity index (χ1) is 9.60. The van der Waals surface area contributed by atoms with Crippen molar-refractivity contribution in [2.45, 2.75) is 37.8 Å². The molecule has 0 aliphatic heterocycles. The van der Waals surface area contributed by atoms with Crippen LogP contribution in [-0.4, -0.2) is 25.7 Å². The number of carbonyl (C=O) groups is 1. The van der Waals surface area contributed by atoms with E-state index in [1.807, 2.05) is 18.2 Å². The van der Waals surface area contributed by atoms with Crippen LogP contribution in [0.25, 0.3) is 0 Å². The maximum atomic E-state index is 12.2. The highest BCUT2D eigenvalue weighted by Crippen LogP contribution is 2.31. The third kappa shape index (κ3) is 3.80. The lowest BCUT2D eigenvalue weighted by Gasteiger charge is -2.22. The normalized spacial score (nSPS) is 16.0. The standard InChI is InChI=1S/C15H22N2O3.ClH/c1-19-12-7-5-6-11(13(12)20-2)10-17-14(18)15(16)8-3-4-9-15;/h5-7H,3-4,8-10,16H2,1-2H3,(H,17,18);1H. The summed E-state index contributed by atoms with van der Waals surface area (Å²) in [5.41, 5.74) is 6.30. The van der Waals surface area contributed by atoms with Crippen LogP contribution in [0.1, 0.15) is 31.2 Å². The molecule has 0 radical (unpaired) electrons. The van der Waals surface area contributed by atoms with E-state index < -0.39 is 5.54 Å². The summed E-state index contributed by atoms with van der Waals surface area (Å²) >= 11 is 0. The van der Waals surface area contributed by atoms with Gasteiger partial charge in [-0.3, -0.25) is 4.79 Å². The first kappa shape index (κ1) is 17.6. The van der Waals surface area contributed by atoms with E-state index in [4.69, 9.17) is 15.2 Å². The van der Waals surface area contributed by atoms with Gasteiger partial charge in [-0.15, -0.1) is 12.4 Å². The molecule has 1 saturated carbocycles. The molecule has 118 valence electrons. The lowest BCUT2D eigenvalue weighted by atomic mass is 9.98. The molecule has 1 aliphatic carbocycles. The van der Waals surface area contributed by atoms with E-state index in [1.165, 1.54) is 0 Å². The average Bonchev–Trinajstić information content (AvgIpc) is 2.92. The van der Waals surface area contributed by atoms with Crippen molar-refractivity contribution in [3.05, 3.63) is 23.8 Å². The monoisotopic (exact) mass is 314 g/mol. The summed E-state index contributed by atoms with van der Waals surface area (Å²) in [5.74, 6) is 1.22. The molecule has 1 aromatic carbocycles. The van der Waals surface area contributed by atoms with E-state index in [0.29, 0.717) is 18.0 Å². The van der Waals surface area contributed by atoms with Crippen LogP contribution in [-0.2, 0) is 11.3 Å². The van der Waals surface area contributed by atoms with Gasteiger partial charge in [0.2, 0.25) is 5.91 Å². The quantitative estimate of drug-likeness (QED) is 0.872. The van der Waals surface area contributed by atoms with Crippen molar-refractivity contribution < 1.29 is 14.3 Å². The van der Waals surface area contributed by atoms with Gasteiger partial charge in [0.25, 0.3) is 0 Å². The van der Waals surface area contributed by atoms with Gasteiger partial charge in [0.15, 0.2) is 11.5 Å². The van der Waals surface area contributed by atoms with Crippen molar-refractivity contribution in [3.8, 4) is 11.5 Å². The summed E-state index contributed by atoms with van der Waals surface area (Å²) in [5, 5.41) is 2.91. The van der Waals surface area contributed by atoms with E-state index in [-0.39, 0.29) is 18.3 Å². The average molecular weight is 315 g/mol. The fourth-order valence-corrected chi connectivity index (χ4v) is 2.68. The molecule has 0 saturated heterocycles. The molecular formula is C15H23ClN2O3. The number of benzene rings is 1. The number of nitrogens with two attached hydrogens (primary N) is 1. The van der Waals surface area contributed by atoms with E-state index in [9.17, 15) is 4.79 Å². The Morgan fingerprint density at radius 1 is 1.29 bits per heavy atom. The number of para-hydroxylation sites is 1. The Morgan fingerprint density at radius 2 is 1.95 bits per heavy atom. The second-order valence-corrected chi connectivity index (χ2v) is 5.20. The number of hydrogen-bond donors (Lipinski definition) is 2. The predicted octanol–water partition coefficient (Wildman–Crippen LogP) is 2.01. The molecule has 6 heteroatoms. The Bertz CT molecular complexity index is 488. The summed E-state index contributed by atoms with van der Waals surface area (Å²) in [7, 11) is 3.18. The lowest BCUT2D eigenvalue weighted by Crippen LogP contribution is -2.51. The number of ether oxygens (including phenoxy) is 2. The van der Waals surface area contributed by atoms with Gasteiger partial charge in [-0.25, -0.2) is 0 Å². The minimum atomic E-state index is -0.702. The van der Waals surface area contributed by atoms with Crippen LogP contribution in [0.4, 0.5) is 0 Å². The molecular weight excluding hydrogens is 292 g/mol. The number of hydrogen-bond acceptors (Lipinski definition) is 4. The number of amides is 1. The van der Waals surface area contributed by atoms with Gasteiger partial charge in [-0.1, -0.05) is 25.0 Å². The molecule has 1 fully saturated rings. The zero-order valence-electron chi connectivity index (χ0n) is 12.5. The molecule has 0 heterocycles. The molecule has 1 aromatic rings. The summed E-state index contributed by atoms with van der Waals surface area (Å²) < 4.78 is 10.6. The van der Waals surface area contributed by atoms with Gasteiger partial charge < -0.3 is 20.5 Å². The lowest BCUT2D eigenvalue weighted by molar-refractivity contribution is -0.126. The van der Waals surface area contributed by atoms with Gasteiger partial charge in [0.05, 0.1) is 19.8 Å². The molecule has 0 spiro atoms. The van der Waals surface area contributed by atoms with Crippen LogP contribution in [0.15, 0.2) is 18.2 Å². The highest BCUT2D eigenvalue weighted by molar-refractivity contribution is 5.86. The number of methoxy groups -OCH3 is 2. The van der Waals surface area contributed by atoms with Crippen LogP contribution >= 0.6 is 12.4 Å². The van der Waals surface area contributed by atoms with Crippen LogP contribution in [0.3, 0.4) is 0 Å². The Hall–Kier alpha value is -1.46. The zero-order valence-corrected chi connectivity index (χ0v) is 13.3. The van der Waals surface area contributed by atoms with E-state index >= 15 is 0 Å². The SMILES string of the molecule is COc1cccc(CNC(=O)C2(N)CCCC2)c1OC.Cl. The van der Waals surface area contributed by atoms with Crippen LogP contribution in [0, 0.1) is 0 Å². The molecule has 0 bridgehead atoms. The minimum absolute atomic E-state index is 0. The molecule has 21 heavy (non-hydrogen) atoms. The van der Waals surface area contributed by atoms with Gasteiger partial charge in [0.1, 0.15) is 0 Å². The summed E-state index contributed by atoms with van der Waals surface area (Å²) in [6, 6.07) is 5.60. The Kier molecular flexibility index (Phi) is 6.30. The second kappa shape index (κ2) is 7.52. The molecule has 0 unspecified atom stereocenters. The highest BCUT2D eigenvalue weighted by Gasteiger charge is 2.36. The van der Waals surface area contributed by atoms with Crippen molar-refractivity contribution >= 4 is 18.3 Å². The Labute approximate surface area is 131 Å². The molecule has 0 aromatic heterocycles. The number of carbonyl (C=O) groups excluding carboxylic acids is 1. The molecule has 5 nitrogen and oxygen atoms in total. The molecule has 3 N–H and O–H groups in total. The van der Waals surface area contributed by atoms with Gasteiger partial charge in [-0.05, 0) is 18.9 Å². The summed E-state index contributed by atoms with van der Waals surface area (Å²) in [4.78, 5) is 12.2. The minimum Gasteiger partial charge on any atom is -0.493 e. The maximum absolute atomic E-state index is 12.2. The van der Waals surface area contributed by atoms with Crippen LogP contribution in [0.2, 0.25) is 0 Å². The summed E-state index contributed by atoms with van der Waals surface area (Å²) in [6.07, 6.45) is 3.56. The fraction of sp³-hybridized carbons (Fsp3) is 0.533. The van der Waals surface area contributed by atoms with Gasteiger partial charge in [0, 0.05) is 12.1 Å². The van der Waals surface area contributed by atoms with Gasteiger partial charge in [-0.2, -0.15) is 0 Å². The highest BCUT2D eigenvalue weighted by atomic mass is 35.5. The molecule has 1 amide bonds. The summed E-state index contributed by atoms with van der Waals surface area (Å²) in [6.45, 7) is 0.387. The third-order valence-electron chi connectivity index (χ3n) is 3.87. The van der Waals surface area contributed by atoms with E-state index in [1.54, 1.807) is 14.2 Å². The van der Waals surface area contributed by atoms with Gasteiger partial charge >= 0.3 is 0 Å². The topological polar surface area (TPSA) is 73.6 Å². The number of rotatable bonds is 5. The van der Waals surface area contributed by atoms with Crippen molar-refractivity contribution in [1.29, 1.82) is 0 Å². The van der Waals surface area contributed by atoms with Crippen molar-refractivity contribution in [2.75, 3.05) is 14.2 Å². The molecule has 0 atom stereocenters. The van der Waals surface area contributed by atoms with Crippen molar-refractivity contribution in [3.63, 3.8) is 0 Å². The number of halogens is 1. The van der Waals surface area contributed by atoms with E-state index in [0.717, 1.165) is 31.2 Å². The molecule has 2 rings (SSSR count). The van der Waals surface area contributed by atoms with Crippen molar-refractivity contribution in [1.82, 2.24) is 5.32 Å². The first-order valence-electron chi connectivity index (χ1n) is 6.88. The zero-order chi connectivity index (χ0) is 14.6. The third-order valence-corrected chi connectivity index (χ3v) is 3.87. The fourth-order valence-electron chi connectivity index (χ4n) is 2.68. The van der Waals surface area contributed by atoms with Crippen LogP contribution in [0.5, 0.6) is 11.5 Å². The Morgan fingerprint density at radius 3 is 2.52 bits per heavy atom. The first-order valence-corrected chi connectivity index (χ1v) is 6.88.